The summed E-state index contributed by atoms with van der Waals surface area (Å²) in [5.74, 6) is -0.796. The summed E-state index contributed by atoms with van der Waals surface area (Å²) in [5.41, 5.74) is 0.948. The first-order valence-electron chi connectivity index (χ1n) is 9.29. The van der Waals surface area contributed by atoms with Crippen LogP contribution >= 0.6 is 0 Å². The van der Waals surface area contributed by atoms with Crippen LogP contribution in [0.4, 0.5) is 0 Å². The van der Waals surface area contributed by atoms with E-state index >= 15 is 0 Å². The van der Waals surface area contributed by atoms with Gasteiger partial charge in [0, 0.05) is 20.5 Å². The lowest BCUT2D eigenvalue weighted by Gasteiger charge is -2.38. The van der Waals surface area contributed by atoms with Crippen molar-refractivity contribution in [3.63, 3.8) is 0 Å². The number of imide groups is 1. The molecule has 0 N–H and O–H groups in total. The van der Waals surface area contributed by atoms with Crippen LogP contribution in [0.15, 0.2) is 42.5 Å². The molecule has 1 aliphatic heterocycles. The van der Waals surface area contributed by atoms with E-state index in [2.05, 4.69) is 12.2 Å². The van der Waals surface area contributed by atoms with Gasteiger partial charge in [-0.25, -0.2) is 0 Å². The third-order valence-corrected chi connectivity index (χ3v) is 6.10. The molecule has 5 heteroatoms. The van der Waals surface area contributed by atoms with E-state index in [1.54, 1.807) is 14.1 Å². The zero-order chi connectivity index (χ0) is 18.4. The summed E-state index contributed by atoms with van der Waals surface area (Å²) >= 11 is 0. The summed E-state index contributed by atoms with van der Waals surface area (Å²) in [6, 6.07) is 8.82. The SMILES string of the molecule is CN(C)C(=O)C(Cc1ccccc1)N1C(=O)C2C3C=CC(CC3)C2C1=O. The second kappa shape index (κ2) is 6.38. The van der Waals surface area contributed by atoms with Crippen molar-refractivity contribution in [2.75, 3.05) is 14.1 Å². The number of carbonyl (C=O) groups is 3. The molecule has 0 spiro atoms. The number of rotatable bonds is 4. The number of likely N-dealkylation sites (tertiary alicyclic amines) is 1. The molecule has 2 fully saturated rings. The minimum absolute atomic E-state index is 0.137. The van der Waals surface area contributed by atoms with Crippen LogP contribution in [0.2, 0.25) is 0 Å². The van der Waals surface area contributed by atoms with Gasteiger partial charge in [0.15, 0.2) is 0 Å². The minimum atomic E-state index is -0.766. The number of fused-ring (bicyclic) bond motifs is 1. The van der Waals surface area contributed by atoms with E-state index in [0.717, 1.165) is 18.4 Å². The van der Waals surface area contributed by atoms with E-state index in [1.165, 1.54) is 9.80 Å². The molecular weight excluding hydrogens is 328 g/mol. The van der Waals surface area contributed by atoms with Crippen LogP contribution in [0.3, 0.4) is 0 Å². The molecule has 3 amide bonds. The number of benzene rings is 1. The number of allylic oxidation sites excluding steroid dienone is 2. The van der Waals surface area contributed by atoms with Gasteiger partial charge in [0.1, 0.15) is 6.04 Å². The molecule has 1 saturated carbocycles. The maximum Gasteiger partial charge on any atom is 0.245 e. The molecule has 1 heterocycles. The Morgan fingerprint density at radius 1 is 1.04 bits per heavy atom. The van der Waals surface area contributed by atoms with Gasteiger partial charge in [0.05, 0.1) is 11.8 Å². The van der Waals surface area contributed by atoms with E-state index in [9.17, 15) is 14.4 Å². The van der Waals surface area contributed by atoms with Crippen molar-refractivity contribution in [1.82, 2.24) is 9.80 Å². The first-order valence-corrected chi connectivity index (χ1v) is 9.29. The summed E-state index contributed by atoms with van der Waals surface area (Å²) in [4.78, 5) is 42.0. The molecule has 1 saturated heterocycles. The Hall–Kier alpha value is -2.43. The molecule has 0 aromatic heterocycles. The largest absolute Gasteiger partial charge is 0.347 e. The van der Waals surface area contributed by atoms with Gasteiger partial charge in [-0.05, 0) is 30.2 Å². The molecule has 5 rings (SSSR count). The fourth-order valence-corrected chi connectivity index (χ4v) is 4.83. The lowest BCUT2D eigenvalue weighted by Crippen LogP contribution is -2.51. The molecule has 3 aliphatic carbocycles. The fourth-order valence-electron chi connectivity index (χ4n) is 4.83. The lowest BCUT2D eigenvalue weighted by molar-refractivity contribution is -0.150. The molecule has 2 bridgehead atoms. The molecule has 1 aromatic rings. The van der Waals surface area contributed by atoms with Gasteiger partial charge in [-0.3, -0.25) is 19.3 Å². The summed E-state index contributed by atoms with van der Waals surface area (Å²) < 4.78 is 0. The minimum Gasteiger partial charge on any atom is -0.347 e. The number of likely N-dealkylation sites (N-methyl/N-ethyl adjacent to an activating group) is 1. The third kappa shape index (κ3) is 2.57. The first kappa shape index (κ1) is 17.0. The summed E-state index contributed by atoms with van der Waals surface area (Å²) in [6.45, 7) is 0. The predicted octanol–water partition coefficient (Wildman–Crippen LogP) is 1.88. The van der Waals surface area contributed by atoms with Gasteiger partial charge in [0.25, 0.3) is 0 Å². The summed E-state index contributed by atoms with van der Waals surface area (Å²) in [6.07, 6.45) is 6.48. The van der Waals surface area contributed by atoms with E-state index in [0.29, 0.717) is 6.42 Å². The Bertz CT molecular complexity index is 739. The monoisotopic (exact) mass is 352 g/mol. The smallest absolute Gasteiger partial charge is 0.245 e. The van der Waals surface area contributed by atoms with Gasteiger partial charge in [-0.15, -0.1) is 0 Å². The Morgan fingerprint density at radius 2 is 1.58 bits per heavy atom. The molecule has 26 heavy (non-hydrogen) atoms. The molecule has 5 nitrogen and oxygen atoms in total. The van der Waals surface area contributed by atoms with Crippen molar-refractivity contribution < 1.29 is 14.4 Å². The molecule has 0 radical (unpaired) electrons. The van der Waals surface area contributed by atoms with Crippen LogP contribution < -0.4 is 0 Å². The number of nitrogens with zero attached hydrogens (tertiary/aromatic N) is 2. The topological polar surface area (TPSA) is 57.7 Å². The highest BCUT2D eigenvalue weighted by molar-refractivity contribution is 6.09. The Balaban J connectivity index is 1.68. The second-order valence-corrected chi connectivity index (χ2v) is 7.83. The molecule has 5 unspecified atom stereocenters. The van der Waals surface area contributed by atoms with Crippen molar-refractivity contribution >= 4 is 17.7 Å². The van der Waals surface area contributed by atoms with E-state index in [-0.39, 0.29) is 41.4 Å². The Labute approximate surface area is 153 Å². The van der Waals surface area contributed by atoms with Crippen molar-refractivity contribution in [3.05, 3.63) is 48.0 Å². The molecule has 5 atom stereocenters. The van der Waals surface area contributed by atoms with Crippen LogP contribution in [-0.2, 0) is 20.8 Å². The molecule has 136 valence electrons. The van der Waals surface area contributed by atoms with Gasteiger partial charge in [-0.1, -0.05) is 42.5 Å². The van der Waals surface area contributed by atoms with Gasteiger partial charge in [-0.2, -0.15) is 0 Å². The highest BCUT2D eigenvalue weighted by Gasteiger charge is 2.58. The lowest BCUT2D eigenvalue weighted by atomic mass is 9.63. The summed E-state index contributed by atoms with van der Waals surface area (Å²) in [5, 5.41) is 0. The fraction of sp³-hybridized carbons (Fsp3) is 0.476. The van der Waals surface area contributed by atoms with E-state index in [1.807, 2.05) is 30.3 Å². The van der Waals surface area contributed by atoms with E-state index < -0.39 is 6.04 Å². The quantitative estimate of drug-likeness (QED) is 0.614. The Kier molecular flexibility index (Phi) is 4.17. The average Bonchev–Trinajstić information content (AvgIpc) is 2.94. The van der Waals surface area contributed by atoms with Crippen LogP contribution in [-0.4, -0.2) is 47.7 Å². The number of carbonyl (C=O) groups excluding carboxylic acids is 3. The number of hydrogen-bond acceptors (Lipinski definition) is 3. The molecule has 4 aliphatic rings. The van der Waals surface area contributed by atoms with Gasteiger partial charge >= 0.3 is 0 Å². The molecule has 1 aromatic carbocycles. The molecular formula is C21H24N2O3. The third-order valence-electron chi connectivity index (χ3n) is 6.10. The maximum absolute atomic E-state index is 13.2. The van der Waals surface area contributed by atoms with E-state index in [4.69, 9.17) is 0 Å². The normalized spacial score (nSPS) is 30.5. The zero-order valence-corrected chi connectivity index (χ0v) is 15.2. The van der Waals surface area contributed by atoms with Gasteiger partial charge in [0.2, 0.25) is 17.7 Å². The highest BCUT2D eigenvalue weighted by Crippen LogP contribution is 2.50. The summed E-state index contributed by atoms with van der Waals surface area (Å²) in [7, 11) is 3.34. The van der Waals surface area contributed by atoms with Gasteiger partial charge < -0.3 is 4.90 Å². The standard InChI is InChI=1S/C21H24N2O3/c1-22(2)19(24)16(12-13-6-4-3-5-7-13)23-20(25)17-14-8-9-15(11-10-14)18(17)21(23)26/h3-9,14-18H,10-12H2,1-2H3. The predicted molar refractivity (Wildman–Crippen MR) is 96.8 cm³/mol. The van der Waals surface area contributed by atoms with Crippen molar-refractivity contribution in [1.29, 1.82) is 0 Å². The highest BCUT2D eigenvalue weighted by atomic mass is 16.2. The zero-order valence-electron chi connectivity index (χ0n) is 15.2. The Morgan fingerprint density at radius 3 is 2.04 bits per heavy atom. The first-order chi connectivity index (χ1) is 12.5. The number of amides is 3. The second-order valence-electron chi connectivity index (χ2n) is 7.83. The number of hydrogen-bond donors (Lipinski definition) is 0. The van der Waals surface area contributed by atoms with Crippen LogP contribution in [0.1, 0.15) is 18.4 Å². The van der Waals surface area contributed by atoms with Crippen LogP contribution in [0, 0.1) is 23.7 Å². The van der Waals surface area contributed by atoms with Crippen LogP contribution in [0.25, 0.3) is 0 Å². The van der Waals surface area contributed by atoms with Crippen molar-refractivity contribution in [2.24, 2.45) is 23.7 Å². The maximum atomic E-state index is 13.2. The average molecular weight is 352 g/mol. The van der Waals surface area contributed by atoms with Crippen molar-refractivity contribution in [2.45, 2.75) is 25.3 Å². The van der Waals surface area contributed by atoms with Crippen molar-refractivity contribution in [3.8, 4) is 0 Å². The van der Waals surface area contributed by atoms with Crippen LogP contribution in [0.5, 0.6) is 0 Å².